The molecule has 1 aliphatic rings. The third-order valence-corrected chi connectivity index (χ3v) is 3.38. The molecule has 0 atom stereocenters. The Morgan fingerprint density at radius 1 is 1.26 bits per heavy atom. The summed E-state index contributed by atoms with van der Waals surface area (Å²) in [5.74, 6) is 0.252. The molecule has 96 valence electrons. The molecule has 0 amide bonds. The summed E-state index contributed by atoms with van der Waals surface area (Å²) in [6, 6.07) is 9.99. The molecule has 19 heavy (non-hydrogen) atoms. The lowest BCUT2D eigenvalue weighted by atomic mass is 9.98. The van der Waals surface area contributed by atoms with Crippen LogP contribution in [0.15, 0.2) is 36.4 Å². The largest absolute Gasteiger partial charge is 0.492 e. The molecule has 1 heterocycles. The van der Waals surface area contributed by atoms with E-state index in [2.05, 4.69) is 0 Å². The Morgan fingerprint density at radius 2 is 2.11 bits per heavy atom. The number of ketones is 1. The van der Waals surface area contributed by atoms with Crippen LogP contribution in [0.25, 0.3) is 0 Å². The van der Waals surface area contributed by atoms with Crippen molar-refractivity contribution in [3.05, 3.63) is 64.5 Å². The summed E-state index contributed by atoms with van der Waals surface area (Å²) in [6.07, 6.45) is 0.832. The predicted octanol–water partition coefficient (Wildman–Crippen LogP) is 3.30. The minimum atomic E-state index is -0.300. The van der Waals surface area contributed by atoms with Gasteiger partial charge in [0.2, 0.25) is 0 Å². The highest BCUT2D eigenvalue weighted by atomic mass is 19.1. The lowest BCUT2D eigenvalue weighted by Crippen LogP contribution is -2.04. The van der Waals surface area contributed by atoms with E-state index in [1.807, 2.05) is 12.1 Å². The quantitative estimate of drug-likeness (QED) is 0.771. The maximum atomic E-state index is 13.2. The molecule has 0 bridgehead atoms. The van der Waals surface area contributed by atoms with Gasteiger partial charge < -0.3 is 4.74 Å². The summed E-state index contributed by atoms with van der Waals surface area (Å²) < 4.78 is 18.8. The van der Waals surface area contributed by atoms with Crippen molar-refractivity contribution in [3.8, 4) is 5.75 Å². The summed E-state index contributed by atoms with van der Waals surface area (Å²) in [6.45, 7) is 2.26. The van der Waals surface area contributed by atoms with Gasteiger partial charge in [0.1, 0.15) is 11.6 Å². The average molecular weight is 256 g/mol. The summed E-state index contributed by atoms with van der Waals surface area (Å²) in [4.78, 5) is 12.5. The van der Waals surface area contributed by atoms with Crippen LogP contribution in [0.2, 0.25) is 0 Å². The average Bonchev–Trinajstić information content (AvgIpc) is 2.89. The molecule has 0 N–H and O–H groups in total. The third kappa shape index (κ3) is 2.01. The van der Waals surface area contributed by atoms with Gasteiger partial charge in [-0.15, -0.1) is 0 Å². The van der Waals surface area contributed by atoms with Crippen molar-refractivity contribution in [3.63, 3.8) is 0 Å². The number of hydrogen-bond acceptors (Lipinski definition) is 2. The van der Waals surface area contributed by atoms with Crippen LogP contribution in [-0.2, 0) is 6.42 Å². The van der Waals surface area contributed by atoms with Crippen molar-refractivity contribution in [2.75, 3.05) is 6.61 Å². The van der Waals surface area contributed by atoms with Crippen molar-refractivity contribution >= 4 is 5.78 Å². The molecular formula is C16H13FO2. The van der Waals surface area contributed by atoms with Gasteiger partial charge in [-0.1, -0.05) is 12.1 Å². The summed E-state index contributed by atoms with van der Waals surface area (Å²) in [5.41, 5.74) is 2.58. The lowest BCUT2D eigenvalue weighted by Gasteiger charge is -2.08. The number of aryl methyl sites for hydroxylation is 1. The molecule has 2 nitrogen and oxygen atoms in total. The number of ether oxygens (including phenoxy) is 1. The molecule has 0 radical (unpaired) electrons. The number of fused-ring (bicyclic) bond motifs is 1. The van der Waals surface area contributed by atoms with E-state index in [0.29, 0.717) is 29.0 Å². The number of benzene rings is 2. The first kappa shape index (κ1) is 11.9. The highest BCUT2D eigenvalue weighted by Crippen LogP contribution is 2.31. The molecule has 2 aromatic carbocycles. The van der Waals surface area contributed by atoms with Crippen LogP contribution in [-0.4, -0.2) is 12.4 Å². The first-order valence-corrected chi connectivity index (χ1v) is 6.22. The van der Waals surface area contributed by atoms with Gasteiger partial charge in [-0.05, 0) is 42.3 Å². The zero-order valence-corrected chi connectivity index (χ0v) is 10.6. The van der Waals surface area contributed by atoms with Crippen LogP contribution in [0.5, 0.6) is 5.75 Å². The van der Waals surface area contributed by atoms with E-state index in [-0.39, 0.29) is 11.6 Å². The number of carbonyl (C=O) groups excluding carboxylic acids is 1. The Balaban J connectivity index is 2.05. The minimum absolute atomic E-state index is 0.123. The van der Waals surface area contributed by atoms with Crippen LogP contribution in [0, 0.1) is 12.7 Å². The predicted molar refractivity (Wildman–Crippen MR) is 70.2 cm³/mol. The van der Waals surface area contributed by atoms with Crippen molar-refractivity contribution in [2.24, 2.45) is 0 Å². The molecule has 0 saturated heterocycles. The van der Waals surface area contributed by atoms with Crippen molar-refractivity contribution in [1.82, 2.24) is 0 Å². The van der Waals surface area contributed by atoms with E-state index in [0.717, 1.165) is 12.0 Å². The van der Waals surface area contributed by atoms with Gasteiger partial charge in [-0.2, -0.15) is 0 Å². The fourth-order valence-corrected chi connectivity index (χ4v) is 2.34. The molecular weight excluding hydrogens is 243 g/mol. The minimum Gasteiger partial charge on any atom is -0.492 e. The lowest BCUT2D eigenvalue weighted by molar-refractivity contribution is 0.103. The molecule has 1 aliphatic heterocycles. The molecule has 3 rings (SSSR count). The molecule has 0 saturated carbocycles. The van der Waals surface area contributed by atoms with Gasteiger partial charge in [0.05, 0.1) is 12.2 Å². The standard InChI is InChI=1S/C16H13FO2/c1-10-9-12(5-6-14(10)17)15(18)13-4-2-3-11-7-8-19-16(11)13/h2-6,9H,7-8H2,1H3. The fourth-order valence-electron chi connectivity index (χ4n) is 2.34. The smallest absolute Gasteiger partial charge is 0.196 e. The van der Waals surface area contributed by atoms with E-state index >= 15 is 0 Å². The van der Waals surface area contributed by atoms with Gasteiger partial charge in [-0.25, -0.2) is 4.39 Å². The van der Waals surface area contributed by atoms with Crippen LogP contribution < -0.4 is 4.74 Å². The van der Waals surface area contributed by atoms with Gasteiger partial charge in [-0.3, -0.25) is 4.79 Å². The van der Waals surface area contributed by atoms with E-state index < -0.39 is 0 Å². The maximum Gasteiger partial charge on any atom is 0.196 e. The van der Waals surface area contributed by atoms with Gasteiger partial charge in [0.25, 0.3) is 0 Å². The highest BCUT2D eigenvalue weighted by molar-refractivity contribution is 6.11. The van der Waals surface area contributed by atoms with Crippen molar-refractivity contribution in [2.45, 2.75) is 13.3 Å². The summed E-state index contributed by atoms with van der Waals surface area (Å²) in [5, 5.41) is 0. The van der Waals surface area contributed by atoms with Gasteiger partial charge >= 0.3 is 0 Å². The van der Waals surface area contributed by atoms with Crippen LogP contribution >= 0.6 is 0 Å². The number of rotatable bonds is 2. The molecule has 0 unspecified atom stereocenters. The molecule has 0 aromatic heterocycles. The van der Waals surface area contributed by atoms with E-state index in [9.17, 15) is 9.18 Å². The van der Waals surface area contributed by atoms with E-state index in [4.69, 9.17) is 4.74 Å². The second-order valence-corrected chi connectivity index (χ2v) is 4.69. The van der Waals surface area contributed by atoms with E-state index in [1.54, 1.807) is 19.1 Å². The Hall–Kier alpha value is -2.16. The molecule has 2 aromatic rings. The molecule has 0 fully saturated rings. The number of hydrogen-bond donors (Lipinski definition) is 0. The monoisotopic (exact) mass is 256 g/mol. The summed E-state index contributed by atoms with van der Waals surface area (Å²) in [7, 11) is 0. The fraction of sp³-hybridized carbons (Fsp3) is 0.188. The Morgan fingerprint density at radius 3 is 2.89 bits per heavy atom. The van der Waals surface area contributed by atoms with Gasteiger partial charge in [0, 0.05) is 12.0 Å². The molecule has 0 aliphatic carbocycles. The van der Waals surface area contributed by atoms with Crippen LogP contribution in [0.1, 0.15) is 27.0 Å². The van der Waals surface area contributed by atoms with Crippen molar-refractivity contribution in [1.29, 1.82) is 0 Å². The zero-order valence-electron chi connectivity index (χ0n) is 10.6. The van der Waals surface area contributed by atoms with Crippen molar-refractivity contribution < 1.29 is 13.9 Å². The second kappa shape index (κ2) is 4.50. The first-order valence-electron chi connectivity index (χ1n) is 6.22. The Kier molecular flexibility index (Phi) is 2.82. The SMILES string of the molecule is Cc1cc(C(=O)c2cccc3c2OCC3)ccc1F. The Labute approximate surface area is 110 Å². The number of carbonyl (C=O) groups is 1. The normalized spacial score (nSPS) is 12.9. The van der Waals surface area contributed by atoms with E-state index in [1.165, 1.54) is 12.1 Å². The third-order valence-electron chi connectivity index (χ3n) is 3.38. The highest BCUT2D eigenvalue weighted by Gasteiger charge is 2.21. The number of para-hydroxylation sites is 1. The number of halogens is 1. The zero-order chi connectivity index (χ0) is 13.4. The van der Waals surface area contributed by atoms with Crippen LogP contribution in [0.3, 0.4) is 0 Å². The molecule has 3 heteroatoms. The first-order chi connectivity index (χ1) is 9.16. The molecule has 0 spiro atoms. The maximum absolute atomic E-state index is 13.2. The summed E-state index contributed by atoms with van der Waals surface area (Å²) >= 11 is 0. The van der Waals surface area contributed by atoms with Crippen LogP contribution in [0.4, 0.5) is 4.39 Å². The van der Waals surface area contributed by atoms with Gasteiger partial charge in [0.15, 0.2) is 5.78 Å². The second-order valence-electron chi connectivity index (χ2n) is 4.69. The Bertz CT molecular complexity index is 662. The topological polar surface area (TPSA) is 26.3 Å².